The van der Waals surface area contributed by atoms with E-state index in [1.807, 2.05) is 42.5 Å². The molecule has 0 saturated heterocycles. The molecule has 2 N–H and O–H groups in total. The Morgan fingerprint density at radius 3 is 2.62 bits per heavy atom. The first-order chi connectivity index (χ1) is 11.9. The lowest BCUT2D eigenvalue weighted by atomic mass is 10.2. The van der Waals surface area contributed by atoms with E-state index in [4.69, 9.17) is 4.98 Å². The van der Waals surface area contributed by atoms with Crippen LogP contribution < -0.4 is 5.32 Å². The predicted octanol–water partition coefficient (Wildman–Crippen LogP) is 3.86. The number of azo groups is 1. The van der Waals surface area contributed by atoms with Gasteiger partial charge in [0.25, 0.3) is 0 Å². The van der Waals surface area contributed by atoms with E-state index >= 15 is 0 Å². The molecule has 5 rings (SSSR count). The Balaban J connectivity index is 1.81. The summed E-state index contributed by atoms with van der Waals surface area (Å²) >= 11 is 0. The molecule has 0 amide bonds. The first kappa shape index (κ1) is 13.2. The van der Waals surface area contributed by atoms with Crippen molar-refractivity contribution < 1.29 is 0 Å². The molecule has 0 saturated carbocycles. The molecule has 116 valence electrons. The summed E-state index contributed by atoms with van der Waals surface area (Å²) in [7, 11) is 0. The molecular weight excluding hydrogens is 300 g/mol. The third kappa shape index (κ3) is 1.96. The Morgan fingerprint density at radius 2 is 1.75 bits per heavy atom. The zero-order chi connectivity index (χ0) is 15.9. The fraction of sp³-hybridized carbons (Fsp3) is 0.111. The summed E-state index contributed by atoms with van der Waals surface area (Å²) in [6.07, 6.45) is 0. The number of benzene rings is 2. The fourth-order valence-electron chi connectivity index (χ4n) is 3.10. The van der Waals surface area contributed by atoms with Crippen molar-refractivity contribution in [1.29, 1.82) is 0 Å². The lowest BCUT2D eigenvalue weighted by Crippen LogP contribution is -2.15. The zero-order valence-electron chi connectivity index (χ0n) is 12.8. The first-order valence-corrected chi connectivity index (χ1v) is 7.89. The molecule has 0 radical (unpaired) electrons. The number of guanidine groups is 1. The molecule has 0 bridgehead atoms. The summed E-state index contributed by atoms with van der Waals surface area (Å²) in [6, 6.07) is 16.1. The first-order valence-electron chi connectivity index (χ1n) is 7.89. The molecule has 0 aromatic heterocycles. The van der Waals surface area contributed by atoms with Gasteiger partial charge in [0.2, 0.25) is 5.96 Å². The van der Waals surface area contributed by atoms with Crippen LogP contribution in [0, 0.1) is 0 Å². The smallest absolute Gasteiger partial charge is 0.238 e. The van der Waals surface area contributed by atoms with E-state index in [2.05, 4.69) is 31.6 Å². The van der Waals surface area contributed by atoms with Gasteiger partial charge in [-0.15, -0.1) is 10.2 Å². The number of aromatic nitrogens is 2. The molecule has 3 aliphatic rings. The van der Waals surface area contributed by atoms with Crippen LogP contribution in [-0.2, 0) is 0 Å². The number of nitrogens with one attached hydrogen (secondary N) is 2. The number of hydrogen-bond acceptors (Lipinski definition) is 5. The third-order valence-corrected chi connectivity index (χ3v) is 4.21. The van der Waals surface area contributed by atoms with Crippen molar-refractivity contribution in [3.8, 4) is 11.4 Å². The van der Waals surface area contributed by atoms with Gasteiger partial charge in [-0.3, -0.25) is 0 Å². The highest BCUT2D eigenvalue weighted by Gasteiger charge is 2.20. The number of fused-ring (bicyclic) bond motifs is 4. The minimum Gasteiger partial charge on any atom is -0.351 e. The standard InChI is InChI=1S/C18H14N6/c1-2-6-12-11(5-1)15-17(16(12)23-24-18-19-9-10-20-18)22-14-8-4-3-7-13(14)21-15/h1-8,22H,9-10H2,(H,19,20). The third-order valence-electron chi connectivity index (χ3n) is 4.21. The second-order valence-electron chi connectivity index (χ2n) is 5.70. The number of para-hydroxylation sites is 2. The molecule has 2 aromatic carbocycles. The van der Waals surface area contributed by atoms with Gasteiger partial charge in [0.05, 0.1) is 29.0 Å². The zero-order valence-corrected chi connectivity index (χ0v) is 12.8. The molecule has 0 fully saturated rings. The summed E-state index contributed by atoms with van der Waals surface area (Å²) in [4.78, 5) is 12.6. The van der Waals surface area contributed by atoms with Gasteiger partial charge < -0.3 is 10.3 Å². The van der Waals surface area contributed by atoms with Crippen molar-refractivity contribution in [3.05, 3.63) is 48.5 Å². The largest absolute Gasteiger partial charge is 0.351 e. The predicted molar refractivity (Wildman–Crippen MR) is 95.0 cm³/mol. The minimum atomic E-state index is 0.585. The number of nitrogens with zero attached hydrogens (tertiary/aromatic N) is 4. The van der Waals surface area contributed by atoms with Gasteiger partial charge in [0.15, 0.2) is 0 Å². The summed E-state index contributed by atoms with van der Waals surface area (Å²) in [5.41, 5.74) is 4.53. The average Bonchev–Trinajstić information content (AvgIpc) is 3.24. The van der Waals surface area contributed by atoms with Gasteiger partial charge in [-0.2, -0.15) is 0 Å². The minimum absolute atomic E-state index is 0.585. The molecular formula is C18H14N6. The van der Waals surface area contributed by atoms with Crippen molar-refractivity contribution in [3.63, 3.8) is 0 Å². The molecule has 0 unspecified atom stereocenters. The van der Waals surface area contributed by atoms with Gasteiger partial charge >= 0.3 is 0 Å². The number of H-pyrrole nitrogens is 1. The number of hydrogen-bond donors (Lipinski definition) is 2. The van der Waals surface area contributed by atoms with Crippen LogP contribution in [0.5, 0.6) is 0 Å². The van der Waals surface area contributed by atoms with Gasteiger partial charge in [0.1, 0.15) is 5.69 Å². The lowest BCUT2D eigenvalue weighted by molar-refractivity contribution is 0.953. The summed E-state index contributed by atoms with van der Waals surface area (Å²) in [6.45, 7) is 1.56. The van der Waals surface area contributed by atoms with Gasteiger partial charge in [-0.25, -0.2) is 9.98 Å². The van der Waals surface area contributed by atoms with Crippen LogP contribution in [-0.4, -0.2) is 29.0 Å². The fourth-order valence-corrected chi connectivity index (χ4v) is 3.10. The highest BCUT2D eigenvalue weighted by atomic mass is 15.3. The van der Waals surface area contributed by atoms with Crippen molar-refractivity contribution in [2.75, 3.05) is 13.1 Å². The molecule has 2 heterocycles. The maximum absolute atomic E-state index is 4.83. The lowest BCUT2D eigenvalue weighted by Gasteiger charge is -2.04. The number of aromatic amines is 1. The van der Waals surface area contributed by atoms with Gasteiger partial charge in [-0.1, -0.05) is 36.4 Å². The molecule has 24 heavy (non-hydrogen) atoms. The topological polar surface area (TPSA) is 77.8 Å². The second kappa shape index (κ2) is 5.13. The van der Waals surface area contributed by atoms with Crippen LogP contribution >= 0.6 is 0 Å². The molecule has 6 nitrogen and oxygen atoms in total. The van der Waals surface area contributed by atoms with Crippen molar-refractivity contribution in [2.45, 2.75) is 0 Å². The maximum Gasteiger partial charge on any atom is 0.238 e. The quantitative estimate of drug-likeness (QED) is 0.523. The molecule has 6 heteroatoms. The summed E-state index contributed by atoms with van der Waals surface area (Å²) in [5, 5.41) is 14.0. The van der Waals surface area contributed by atoms with Crippen LogP contribution in [0.4, 0.5) is 5.69 Å². The Hall–Kier alpha value is -3.28. The van der Waals surface area contributed by atoms with E-state index in [1.165, 1.54) is 0 Å². The Bertz CT molecular complexity index is 1090. The van der Waals surface area contributed by atoms with Gasteiger partial charge in [-0.05, 0) is 12.1 Å². The summed E-state index contributed by atoms with van der Waals surface area (Å²) < 4.78 is 0. The Kier molecular flexibility index (Phi) is 2.82. The molecule has 2 aliphatic heterocycles. The molecule has 1 aliphatic carbocycles. The number of aliphatic imine (C=N–C) groups is 1. The Labute approximate surface area is 137 Å². The molecule has 2 aromatic rings. The van der Waals surface area contributed by atoms with Crippen molar-refractivity contribution in [2.24, 2.45) is 15.2 Å². The highest BCUT2D eigenvalue weighted by molar-refractivity contribution is 6.11. The van der Waals surface area contributed by atoms with Crippen LogP contribution in [0.1, 0.15) is 0 Å². The van der Waals surface area contributed by atoms with E-state index in [9.17, 15) is 0 Å². The van der Waals surface area contributed by atoms with E-state index < -0.39 is 0 Å². The van der Waals surface area contributed by atoms with E-state index in [1.54, 1.807) is 0 Å². The Morgan fingerprint density at radius 1 is 0.917 bits per heavy atom. The average molecular weight is 314 g/mol. The van der Waals surface area contributed by atoms with Crippen LogP contribution in [0.3, 0.4) is 0 Å². The molecule has 0 atom stereocenters. The van der Waals surface area contributed by atoms with Crippen LogP contribution in [0.2, 0.25) is 0 Å². The summed E-state index contributed by atoms with van der Waals surface area (Å²) in [5.74, 6) is 0.585. The van der Waals surface area contributed by atoms with Gasteiger partial charge in [0, 0.05) is 17.3 Å². The van der Waals surface area contributed by atoms with E-state index in [0.717, 1.165) is 52.0 Å². The van der Waals surface area contributed by atoms with Crippen molar-refractivity contribution in [1.82, 2.24) is 15.3 Å². The van der Waals surface area contributed by atoms with Crippen LogP contribution in [0.25, 0.3) is 33.2 Å². The van der Waals surface area contributed by atoms with E-state index in [-0.39, 0.29) is 0 Å². The number of rotatable bonds is 1. The molecule has 0 spiro atoms. The normalized spacial score (nSPS) is 14.8. The second-order valence-corrected chi connectivity index (χ2v) is 5.70. The SMILES string of the molecule is c1ccc2[nH]c3c(N=NC4=NCCN4)c4ccccc4c-3nc2c1. The van der Waals surface area contributed by atoms with E-state index in [0.29, 0.717) is 5.96 Å². The highest BCUT2D eigenvalue weighted by Crippen LogP contribution is 2.43. The maximum atomic E-state index is 4.83. The van der Waals surface area contributed by atoms with Crippen LogP contribution in [0.15, 0.2) is 63.8 Å². The monoisotopic (exact) mass is 314 g/mol. The van der Waals surface area contributed by atoms with Crippen molar-refractivity contribution >= 4 is 33.5 Å².